The van der Waals surface area contributed by atoms with Gasteiger partial charge in [-0.05, 0) is 94.9 Å². The molecule has 4 rings (SSSR count). The number of imide groups is 1. The van der Waals surface area contributed by atoms with Crippen molar-refractivity contribution in [2.75, 3.05) is 18.5 Å². The number of carbonyl (C=O) groups is 4. The molecular weight excluding hydrogens is 671 g/mol. The SMILES string of the molecule is CCOc1cc(/C=C2/SC(=O)N(CC(=O)Nc3ccccc3Cl)C2=O)cc(I)c1OCc1ccc(C(=O)O)cc1. The van der Waals surface area contributed by atoms with E-state index in [-0.39, 0.29) is 17.1 Å². The van der Waals surface area contributed by atoms with E-state index in [1.54, 1.807) is 54.6 Å². The van der Waals surface area contributed by atoms with Gasteiger partial charge in [0.1, 0.15) is 13.2 Å². The van der Waals surface area contributed by atoms with Gasteiger partial charge < -0.3 is 19.9 Å². The van der Waals surface area contributed by atoms with Crippen LogP contribution < -0.4 is 14.8 Å². The standard InChI is InChI=1S/C28H22ClIN2O7S/c1-2-38-22-12-17(11-20(30)25(22)39-15-16-7-9-18(10-8-16)27(35)36)13-23-26(34)32(28(37)40-23)14-24(33)31-21-6-4-3-5-19(21)29/h3-13H,2,14-15H2,1H3,(H,31,33)(H,35,36)/b23-13+. The lowest BCUT2D eigenvalue weighted by atomic mass is 10.1. The Morgan fingerprint density at radius 1 is 1.10 bits per heavy atom. The molecule has 1 fully saturated rings. The first-order valence-electron chi connectivity index (χ1n) is 11.9. The number of thioether (sulfide) groups is 1. The molecule has 3 aromatic rings. The normalized spacial score (nSPS) is 14.0. The molecule has 12 heteroatoms. The van der Waals surface area contributed by atoms with Crippen molar-refractivity contribution >= 4 is 80.7 Å². The van der Waals surface area contributed by atoms with E-state index in [1.807, 2.05) is 6.92 Å². The molecule has 3 amide bonds. The molecule has 0 spiro atoms. The number of hydrogen-bond donors (Lipinski definition) is 2. The number of nitrogens with zero attached hydrogens (tertiary/aromatic N) is 1. The average molecular weight is 693 g/mol. The van der Waals surface area contributed by atoms with Gasteiger partial charge in [0.05, 0.1) is 31.4 Å². The monoisotopic (exact) mass is 692 g/mol. The summed E-state index contributed by atoms with van der Waals surface area (Å²) in [7, 11) is 0. The maximum absolute atomic E-state index is 13.0. The van der Waals surface area contributed by atoms with Gasteiger partial charge >= 0.3 is 5.97 Å². The Bertz CT molecular complexity index is 1510. The van der Waals surface area contributed by atoms with E-state index in [0.29, 0.717) is 37.9 Å². The molecule has 206 valence electrons. The summed E-state index contributed by atoms with van der Waals surface area (Å²) in [4.78, 5) is 50.1. The summed E-state index contributed by atoms with van der Waals surface area (Å²) in [6, 6.07) is 16.5. The van der Waals surface area contributed by atoms with Crippen molar-refractivity contribution < 1.29 is 33.8 Å². The predicted octanol–water partition coefficient (Wildman–Crippen LogP) is 6.30. The van der Waals surface area contributed by atoms with Crippen molar-refractivity contribution in [2.24, 2.45) is 0 Å². The van der Waals surface area contributed by atoms with E-state index in [9.17, 15) is 19.2 Å². The van der Waals surface area contributed by atoms with Gasteiger partial charge in [-0.1, -0.05) is 35.9 Å². The summed E-state index contributed by atoms with van der Waals surface area (Å²) in [5.74, 6) is -1.20. The van der Waals surface area contributed by atoms with E-state index in [4.69, 9.17) is 26.2 Å². The number of amides is 3. The van der Waals surface area contributed by atoms with Gasteiger partial charge in [0.25, 0.3) is 11.1 Å². The number of carboxylic acid groups (broad SMARTS) is 1. The van der Waals surface area contributed by atoms with Gasteiger partial charge in [0.15, 0.2) is 11.5 Å². The van der Waals surface area contributed by atoms with Crippen molar-refractivity contribution in [3.05, 3.63) is 90.9 Å². The largest absolute Gasteiger partial charge is 0.490 e. The maximum atomic E-state index is 13.0. The zero-order valence-corrected chi connectivity index (χ0v) is 24.7. The lowest BCUT2D eigenvalue weighted by Gasteiger charge is -2.15. The number of carboxylic acids is 1. The quantitative estimate of drug-likeness (QED) is 0.188. The number of rotatable bonds is 10. The molecule has 1 aliphatic rings. The average Bonchev–Trinajstić information content (AvgIpc) is 3.17. The molecule has 1 heterocycles. The van der Waals surface area contributed by atoms with Crippen molar-refractivity contribution in [1.82, 2.24) is 4.90 Å². The third-order valence-corrected chi connectivity index (χ3v) is 7.58. The van der Waals surface area contributed by atoms with Crippen LogP contribution in [-0.2, 0) is 16.2 Å². The van der Waals surface area contributed by atoms with E-state index in [0.717, 1.165) is 22.2 Å². The Labute approximate surface area is 252 Å². The fourth-order valence-electron chi connectivity index (χ4n) is 3.66. The van der Waals surface area contributed by atoms with E-state index < -0.39 is 29.6 Å². The molecule has 0 aromatic heterocycles. The van der Waals surface area contributed by atoms with E-state index in [1.165, 1.54) is 12.1 Å². The third kappa shape index (κ3) is 7.14. The molecule has 0 saturated carbocycles. The number of anilines is 1. The number of carbonyl (C=O) groups excluding carboxylic acids is 3. The Hall–Kier alpha value is -3.55. The number of nitrogens with one attached hydrogen (secondary N) is 1. The van der Waals surface area contributed by atoms with Crippen LogP contribution in [0.2, 0.25) is 5.02 Å². The first kappa shape index (κ1) is 29.4. The number of ether oxygens (including phenoxy) is 2. The molecule has 2 N–H and O–H groups in total. The Kier molecular flexibility index (Phi) is 9.71. The molecule has 0 unspecified atom stereocenters. The zero-order valence-electron chi connectivity index (χ0n) is 21.0. The predicted molar refractivity (Wildman–Crippen MR) is 161 cm³/mol. The van der Waals surface area contributed by atoms with Crippen molar-refractivity contribution in [3.63, 3.8) is 0 Å². The van der Waals surface area contributed by atoms with Crippen molar-refractivity contribution in [2.45, 2.75) is 13.5 Å². The van der Waals surface area contributed by atoms with Crippen LogP contribution in [-0.4, -0.2) is 46.2 Å². The smallest absolute Gasteiger partial charge is 0.335 e. The molecule has 1 aliphatic heterocycles. The summed E-state index contributed by atoms with van der Waals surface area (Å²) in [6.07, 6.45) is 1.57. The summed E-state index contributed by atoms with van der Waals surface area (Å²) >= 11 is 8.90. The van der Waals surface area contributed by atoms with Crippen LogP contribution in [0.15, 0.2) is 65.6 Å². The summed E-state index contributed by atoms with van der Waals surface area (Å²) in [5, 5.41) is 11.5. The second-order valence-electron chi connectivity index (χ2n) is 8.35. The summed E-state index contributed by atoms with van der Waals surface area (Å²) in [5.41, 5.74) is 1.95. The Morgan fingerprint density at radius 3 is 2.50 bits per heavy atom. The molecule has 40 heavy (non-hydrogen) atoms. The second-order valence-corrected chi connectivity index (χ2v) is 10.9. The van der Waals surface area contributed by atoms with E-state index >= 15 is 0 Å². The highest BCUT2D eigenvalue weighted by Crippen LogP contribution is 2.38. The molecule has 9 nitrogen and oxygen atoms in total. The van der Waals surface area contributed by atoms with Gasteiger partial charge in [0, 0.05) is 0 Å². The Balaban J connectivity index is 1.48. The van der Waals surface area contributed by atoms with Gasteiger partial charge in [-0.2, -0.15) is 0 Å². The van der Waals surface area contributed by atoms with Gasteiger partial charge in [-0.15, -0.1) is 0 Å². The highest BCUT2D eigenvalue weighted by atomic mass is 127. The molecule has 3 aromatic carbocycles. The van der Waals surface area contributed by atoms with Crippen LogP contribution in [0.25, 0.3) is 6.08 Å². The number of aromatic carboxylic acids is 1. The van der Waals surface area contributed by atoms with Crippen LogP contribution >= 0.6 is 46.0 Å². The minimum atomic E-state index is -1.01. The van der Waals surface area contributed by atoms with Gasteiger partial charge in [-0.3, -0.25) is 19.3 Å². The van der Waals surface area contributed by atoms with Crippen LogP contribution in [0.1, 0.15) is 28.4 Å². The fraction of sp³-hybridized carbons (Fsp3) is 0.143. The lowest BCUT2D eigenvalue weighted by molar-refractivity contribution is -0.127. The first-order valence-corrected chi connectivity index (χ1v) is 14.1. The topological polar surface area (TPSA) is 122 Å². The van der Waals surface area contributed by atoms with Gasteiger partial charge in [-0.25, -0.2) is 4.79 Å². The van der Waals surface area contributed by atoms with Crippen LogP contribution in [0, 0.1) is 3.57 Å². The van der Waals surface area contributed by atoms with Crippen LogP contribution in [0.5, 0.6) is 11.5 Å². The number of hydrogen-bond acceptors (Lipinski definition) is 7. The van der Waals surface area contributed by atoms with E-state index in [2.05, 4.69) is 27.9 Å². The Morgan fingerprint density at radius 2 is 1.82 bits per heavy atom. The third-order valence-electron chi connectivity index (χ3n) is 5.54. The molecule has 0 radical (unpaired) electrons. The first-order chi connectivity index (χ1) is 19.2. The molecule has 1 saturated heterocycles. The highest BCUT2D eigenvalue weighted by Gasteiger charge is 2.36. The number of para-hydroxylation sites is 1. The molecule has 0 atom stereocenters. The highest BCUT2D eigenvalue weighted by molar-refractivity contribution is 14.1. The minimum Gasteiger partial charge on any atom is -0.490 e. The molecular formula is C28H22ClIN2O7S. The molecule has 0 bridgehead atoms. The number of halogens is 2. The fourth-order valence-corrected chi connectivity index (χ4v) is 5.46. The van der Waals surface area contributed by atoms with Crippen molar-refractivity contribution in [1.29, 1.82) is 0 Å². The van der Waals surface area contributed by atoms with Gasteiger partial charge in [0.2, 0.25) is 5.91 Å². The minimum absolute atomic E-state index is 0.168. The maximum Gasteiger partial charge on any atom is 0.335 e. The molecule has 0 aliphatic carbocycles. The lowest BCUT2D eigenvalue weighted by Crippen LogP contribution is -2.36. The van der Waals surface area contributed by atoms with Crippen LogP contribution in [0.4, 0.5) is 10.5 Å². The second kappa shape index (κ2) is 13.2. The zero-order chi connectivity index (χ0) is 28.8. The summed E-state index contributed by atoms with van der Waals surface area (Å²) < 4.78 is 12.5. The number of benzene rings is 3. The summed E-state index contributed by atoms with van der Waals surface area (Å²) in [6.45, 7) is 1.92. The van der Waals surface area contributed by atoms with Crippen molar-refractivity contribution in [3.8, 4) is 11.5 Å². The van der Waals surface area contributed by atoms with Crippen LogP contribution in [0.3, 0.4) is 0 Å².